The van der Waals surface area contributed by atoms with E-state index in [9.17, 15) is 18.7 Å². The van der Waals surface area contributed by atoms with E-state index in [1.807, 2.05) is 0 Å². The van der Waals surface area contributed by atoms with Crippen LogP contribution in [0.3, 0.4) is 0 Å². The fourth-order valence-electron chi connectivity index (χ4n) is 1.97. The number of amides is 2. The first-order chi connectivity index (χ1) is 10.1. The first-order valence-electron chi connectivity index (χ1n) is 6.67. The van der Waals surface area contributed by atoms with Crippen LogP contribution in [0.4, 0.5) is 13.6 Å². The smallest absolute Gasteiger partial charge is 0.388 e. The first-order valence-corrected chi connectivity index (χ1v) is 6.67. The quantitative estimate of drug-likeness (QED) is 0.744. The van der Waals surface area contributed by atoms with Crippen molar-refractivity contribution in [3.63, 3.8) is 0 Å². The molecular weight excluding hydrogens is 284 g/mol. The van der Waals surface area contributed by atoms with E-state index in [1.165, 1.54) is 18.3 Å². The number of aromatic nitrogens is 1. The van der Waals surface area contributed by atoms with Crippen LogP contribution in [0.2, 0.25) is 0 Å². The Morgan fingerprint density at radius 1 is 1.52 bits per heavy atom. The molecule has 1 unspecified atom stereocenters. The third-order valence-electron chi connectivity index (χ3n) is 3.30. The van der Waals surface area contributed by atoms with E-state index >= 15 is 0 Å². The number of rotatable bonds is 6. The number of hydrogen-bond donors (Lipinski definition) is 3. The van der Waals surface area contributed by atoms with Gasteiger partial charge in [0.05, 0.1) is 12.6 Å². The molecule has 1 fully saturated rings. The molecule has 2 rings (SSSR count). The molecule has 1 aromatic rings. The molecular formula is C13H17F2N3O3. The topological polar surface area (TPSA) is 83.5 Å². The standard InChI is InChI=1S/C13H17F2N3O3/c14-12(15)21-11-6-8(4-5-16-11)10(7-19)18-13(20)17-9-2-1-3-9/h4-6,9-10,12,19H,1-3,7H2,(H2,17,18,20). The number of hydrogen-bond acceptors (Lipinski definition) is 4. The van der Waals surface area contributed by atoms with Gasteiger partial charge < -0.3 is 20.5 Å². The predicted octanol–water partition coefficient (Wildman–Crippen LogP) is 1.57. The van der Waals surface area contributed by atoms with E-state index in [4.69, 9.17) is 0 Å². The van der Waals surface area contributed by atoms with Crippen LogP contribution in [0, 0.1) is 0 Å². The molecule has 1 aliphatic carbocycles. The van der Waals surface area contributed by atoms with Crippen molar-refractivity contribution in [2.45, 2.75) is 38.0 Å². The van der Waals surface area contributed by atoms with Crippen LogP contribution in [0.5, 0.6) is 5.88 Å². The zero-order valence-corrected chi connectivity index (χ0v) is 11.3. The Balaban J connectivity index is 1.97. The van der Waals surface area contributed by atoms with E-state index in [1.54, 1.807) is 0 Å². The van der Waals surface area contributed by atoms with Crippen molar-refractivity contribution in [2.75, 3.05) is 6.61 Å². The number of ether oxygens (including phenoxy) is 1. The summed E-state index contributed by atoms with van der Waals surface area (Å²) in [5, 5.41) is 14.7. The lowest BCUT2D eigenvalue weighted by Crippen LogP contribution is -2.46. The fraction of sp³-hybridized carbons (Fsp3) is 0.538. The van der Waals surface area contributed by atoms with Gasteiger partial charge in [0.25, 0.3) is 0 Å². The molecule has 1 aliphatic rings. The summed E-state index contributed by atoms with van der Waals surface area (Å²) < 4.78 is 28.5. The van der Waals surface area contributed by atoms with Gasteiger partial charge in [0.1, 0.15) is 0 Å². The van der Waals surface area contributed by atoms with Gasteiger partial charge in [-0.05, 0) is 30.9 Å². The second kappa shape index (κ2) is 7.16. The van der Waals surface area contributed by atoms with Gasteiger partial charge in [-0.3, -0.25) is 0 Å². The highest BCUT2D eigenvalue weighted by atomic mass is 19.3. The second-order valence-corrected chi connectivity index (χ2v) is 4.79. The molecule has 0 spiro atoms. The van der Waals surface area contributed by atoms with Gasteiger partial charge in [-0.15, -0.1) is 0 Å². The van der Waals surface area contributed by atoms with Crippen molar-refractivity contribution in [2.24, 2.45) is 0 Å². The maximum absolute atomic E-state index is 12.1. The van der Waals surface area contributed by atoms with Crippen molar-refractivity contribution < 1.29 is 23.4 Å². The van der Waals surface area contributed by atoms with Gasteiger partial charge in [0.2, 0.25) is 5.88 Å². The molecule has 21 heavy (non-hydrogen) atoms. The Bertz CT molecular complexity index is 483. The zero-order chi connectivity index (χ0) is 15.2. The van der Waals surface area contributed by atoms with Crippen molar-refractivity contribution in [1.82, 2.24) is 15.6 Å². The van der Waals surface area contributed by atoms with E-state index in [-0.39, 0.29) is 18.5 Å². The maximum Gasteiger partial charge on any atom is 0.388 e. The normalized spacial score (nSPS) is 16.2. The molecule has 0 bridgehead atoms. The molecule has 3 N–H and O–H groups in total. The summed E-state index contributed by atoms with van der Waals surface area (Å²) in [4.78, 5) is 15.4. The maximum atomic E-state index is 12.1. The number of carbonyl (C=O) groups excluding carboxylic acids is 1. The summed E-state index contributed by atoms with van der Waals surface area (Å²) >= 11 is 0. The third kappa shape index (κ3) is 4.52. The SMILES string of the molecule is O=C(NC1CCC1)NC(CO)c1ccnc(OC(F)F)c1. The number of nitrogens with zero attached hydrogens (tertiary/aromatic N) is 1. The minimum Gasteiger partial charge on any atom is -0.417 e. The monoisotopic (exact) mass is 301 g/mol. The summed E-state index contributed by atoms with van der Waals surface area (Å²) in [5.41, 5.74) is 0.437. The van der Waals surface area contributed by atoms with Crippen LogP contribution in [-0.2, 0) is 0 Å². The number of alkyl halides is 2. The minimum absolute atomic E-state index is 0.166. The number of aliphatic hydroxyl groups is 1. The Kier molecular flexibility index (Phi) is 5.26. The largest absolute Gasteiger partial charge is 0.417 e. The number of aliphatic hydroxyl groups excluding tert-OH is 1. The Morgan fingerprint density at radius 2 is 2.29 bits per heavy atom. The van der Waals surface area contributed by atoms with Crippen LogP contribution in [0.1, 0.15) is 30.9 Å². The number of halogens is 2. The van der Waals surface area contributed by atoms with Crippen molar-refractivity contribution in [1.29, 1.82) is 0 Å². The molecule has 1 heterocycles. The number of nitrogens with one attached hydrogen (secondary N) is 2. The van der Waals surface area contributed by atoms with E-state index in [2.05, 4.69) is 20.4 Å². The molecule has 8 heteroatoms. The van der Waals surface area contributed by atoms with E-state index < -0.39 is 18.7 Å². The van der Waals surface area contributed by atoms with Crippen LogP contribution in [-0.4, -0.2) is 35.4 Å². The minimum atomic E-state index is -2.98. The van der Waals surface area contributed by atoms with Crippen LogP contribution < -0.4 is 15.4 Å². The fourth-order valence-corrected chi connectivity index (χ4v) is 1.97. The second-order valence-electron chi connectivity index (χ2n) is 4.79. The van der Waals surface area contributed by atoms with Crippen molar-refractivity contribution >= 4 is 6.03 Å². The molecule has 0 aromatic carbocycles. The van der Waals surface area contributed by atoms with Gasteiger partial charge >= 0.3 is 12.6 Å². The predicted molar refractivity (Wildman–Crippen MR) is 70.0 cm³/mol. The first kappa shape index (κ1) is 15.4. The van der Waals surface area contributed by atoms with Gasteiger partial charge in [0, 0.05) is 18.3 Å². The highest BCUT2D eigenvalue weighted by molar-refractivity contribution is 5.74. The molecule has 6 nitrogen and oxygen atoms in total. The lowest BCUT2D eigenvalue weighted by Gasteiger charge is -2.27. The number of urea groups is 1. The zero-order valence-electron chi connectivity index (χ0n) is 11.3. The molecule has 0 radical (unpaired) electrons. The van der Waals surface area contributed by atoms with Crippen LogP contribution in [0.15, 0.2) is 18.3 Å². The lowest BCUT2D eigenvalue weighted by atomic mass is 9.93. The summed E-state index contributed by atoms with van der Waals surface area (Å²) in [6.45, 7) is -3.34. The summed E-state index contributed by atoms with van der Waals surface area (Å²) in [5.74, 6) is -0.262. The summed E-state index contributed by atoms with van der Waals surface area (Å²) in [6.07, 6.45) is 4.26. The molecule has 116 valence electrons. The van der Waals surface area contributed by atoms with Gasteiger partial charge in [-0.1, -0.05) is 0 Å². The van der Waals surface area contributed by atoms with Gasteiger partial charge in [0.15, 0.2) is 0 Å². The highest BCUT2D eigenvalue weighted by Crippen LogP contribution is 2.20. The van der Waals surface area contributed by atoms with Crippen molar-refractivity contribution in [3.8, 4) is 5.88 Å². The molecule has 1 aromatic heterocycles. The number of pyridine rings is 1. The number of carbonyl (C=O) groups is 1. The van der Waals surface area contributed by atoms with Crippen LogP contribution in [0.25, 0.3) is 0 Å². The van der Waals surface area contributed by atoms with Crippen LogP contribution >= 0.6 is 0 Å². The average Bonchev–Trinajstić information content (AvgIpc) is 2.40. The summed E-state index contributed by atoms with van der Waals surface area (Å²) in [7, 11) is 0. The lowest BCUT2D eigenvalue weighted by molar-refractivity contribution is -0.0529. The van der Waals surface area contributed by atoms with E-state index in [0.29, 0.717) is 5.56 Å². The average molecular weight is 301 g/mol. The molecule has 0 saturated heterocycles. The molecule has 2 amide bonds. The van der Waals surface area contributed by atoms with E-state index in [0.717, 1.165) is 19.3 Å². The molecule has 0 aliphatic heterocycles. The Labute approximate surface area is 120 Å². The summed E-state index contributed by atoms with van der Waals surface area (Å²) in [6, 6.07) is 1.83. The van der Waals surface area contributed by atoms with Gasteiger partial charge in [-0.2, -0.15) is 8.78 Å². The van der Waals surface area contributed by atoms with Crippen molar-refractivity contribution in [3.05, 3.63) is 23.9 Å². The van der Waals surface area contributed by atoms with Gasteiger partial charge in [-0.25, -0.2) is 9.78 Å². The molecule has 1 saturated carbocycles. The Hall–Kier alpha value is -1.96. The Morgan fingerprint density at radius 3 is 2.86 bits per heavy atom. The highest BCUT2D eigenvalue weighted by Gasteiger charge is 2.21. The third-order valence-corrected chi connectivity index (χ3v) is 3.30. The molecule has 1 atom stereocenters.